The third kappa shape index (κ3) is 4.29. The lowest BCUT2D eigenvalue weighted by Gasteiger charge is -2.08. The van der Waals surface area contributed by atoms with E-state index in [-0.39, 0.29) is 25.6 Å². The first kappa shape index (κ1) is 18.9. The number of aliphatic hydroxyl groups is 1. The predicted molar refractivity (Wildman–Crippen MR) is 101 cm³/mol. The second kappa shape index (κ2) is 8.23. The van der Waals surface area contributed by atoms with Gasteiger partial charge in [0.05, 0.1) is 19.6 Å². The van der Waals surface area contributed by atoms with Crippen LogP contribution in [0.5, 0.6) is 6.01 Å². The van der Waals surface area contributed by atoms with Crippen LogP contribution in [0.2, 0.25) is 0 Å². The summed E-state index contributed by atoms with van der Waals surface area (Å²) in [7, 11) is 1.70. The van der Waals surface area contributed by atoms with E-state index in [1.54, 1.807) is 29.8 Å². The van der Waals surface area contributed by atoms with Gasteiger partial charge in [-0.2, -0.15) is 4.98 Å². The van der Waals surface area contributed by atoms with Gasteiger partial charge in [-0.25, -0.2) is 9.97 Å². The van der Waals surface area contributed by atoms with Crippen LogP contribution in [-0.4, -0.2) is 60.2 Å². The van der Waals surface area contributed by atoms with Gasteiger partial charge in [-0.05, 0) is 11.1 Å². The van der Waals surface area contributed by atoms with Gasteiger partial charge < -0.3 is 20.6 Å². The number of aromatic nitrogens is 4. The SMILES string of the molecule is CNc1nc(SCCO)nc2c1nc(O)n2Cc1cccc(CC(=O)O)c1. The van der Waals surface area contributed by atoms with Crippen molar-refractivity contribution in [2.45, 2.75) is 18.1 Å². The number of fused-ring (bicyclic) bond motifs is 1. The van der Waals surface area contributed by atoms with Crippen LogP contribution in [0.25, 0.3) is 11.2 Å². The van der Waals surface area contributed by atoms with Crippen LogP contribution in [0, 0.1) is 0 Å². The van der Waals surface area contributed by atoms with E-state index in [2.05, 4.69) is 20.3 Å². The zero-order chi connectivity index (χ0) is 19.4. The van der Waals surface area contributed by atoms with Crippen LogP contribution >= 0.6 is 11.8 Å². The number of carbonyl (C=O) groups is 1. The molecule has 0 unspecified atom stereocenters. The van der Waals surface area contributed by atoms with Crippen LogP contribution in [-0.2, 0) is 17.8 Å². The summed E-state index contributed by atoms with van der Waals surface area (Å²) < 4.78 is 1.54. The smallest absolute Gasteiger partial charge is 0.307 e. The standard InChI is InChI=1S/C17H19N5O4S/c1-18-14-13-15(21-16(20-14)27-6-5-23)22(17(26)19-13)9-11-4-2-3-10(7-11)8-12(24)25/h2-4,7,23H,5-6,8-9H2,1H3,(H,19,26)(H,24,25)(H,18,20,21). The van der Waals surface area contributed by atoms with Crippen molar-refractivity contribution in [2.24, 2.45) is 0 Å². The molecule has 1 aromatic carbocycles. The van der Waals surface area contributed by atoms with Crippen molar-refractivity contribution in [3.8, 4) is 6.01 Å². The van der Waals surface area contributed by atoms with Gasteiger partial charge in [-0.3, -0.25) is 9.36 Å². The number of thioether (sulfide) groups is 1. The topological polar surface area (TPSA) is 133 Å². The first-order valence-corrected chi connectivity index (χ1v) is 9.18. The largest absolute Gasteiger partial charge is 0.481 e. The number of hydrogen-bond acceptors (Lipinski definition) is 8. The number of rotatable bonds is 8. The minimum atomic E-state index is -0.903. The molecule has 0 atom stereocenters. The summed E-state index contributed by atoms with van der Waals surface area (Å²) >= 11 is 1.30. The lowest BCUT2D eigenvalue weighted by atomic mass is 10.1. The number of anilines is 1. The van der Waals surface area contributed by atoms with Crippen molar-refractivity contribution in [3.05, 3.63) is 35.4 Å². The fourth-order valence-corrected chi connectivity index (χ4v) is 3.27. The molecule has 10 heteroatoms. The summed E-state index contributed by atoms with van der Waals surface area (Å²) in [6, 6.07) is 6.94. The van der Waals surface area contributed by atoms with Crippen molar-refractivity contribution >= 4 is 34.7 Å². The first-order chi connectivity index (χ1) is 13.0. The summed E-state index contributed by atoms with van der Waals surface area (Å²) in [6.07, 6.45) is -0.0709. The molecule has 3 rings (SSSR count). The Kier molecular flexibility index (Phi) is 5.77. The Balaban J connectivity index is 2.01. The van der Waals surface area contributed by atoms with Crippen molar-refractivity contribution in [1.29, 1.82) is 0 Å². The van der Waals surface area contributed by atoms with Crippen molar-refractivity contribution in [2.75, 3.05) is 24.7 Å². The molecule has 0 aliphatic rings. The molecule has 0 amide bonds. The third-order valence-electron chi connectivity index (χ3n) is 3.80. The minimum Gasteiger partial charge on any atom is -0.481 e. The number of nitrogens with one attached hydrogen (secondary N) is 1. The number of aliphatic hydroxyl groups excluding tert-OH is 1. The van der Waals surface area contributed by atoms with E-state index < -0.39 is 5.97 Å². The molecule has 2 aromatic heterocycles. The Hall–Kier alpha value is -2.85. The highest BCUT2D eigenvalue weighted by molar-refractivity contribution is 7.99. The van der Waals surface area contributed by atoms with E-state index >= 15 is 0 Å². The third-order valence-corrected chi connectivity index (χ3v) is 4.63. The van der Waals surface area contributed by atoms with Gasteiger partial charge in [0.2, 0.25) is 0 Å². The second-order valence-corrected chi connectivity index (χ2v) is 6.80. The second-order valence-electron chi connectivity index (χ2n) is 5.74. The van der Waals surface area contributed by atoms with Gasteiger partial charge >= 0.3 is 5.97 Å². The van der Waals surface area contributed by atoms with Crippen LogP contribution < -0.4 is 5.32 Å². The molecule has 142 valence electrons. The quantitative estimate of drug-likeness (QED) is 0.332. The molecule has 0 bridgehead atoms. The highest BCUT2D eigenvalue weighted by Crippen LogP contribution is 2.28. The summed E-state index contributed by atoms with van der Waals surface area (Å²) in [4.78, 5) is 23.9. The Morgan fingerprint density at radius 2 is 2.04 bits per heavy atom. The molecule has 0 aliphatic carbocycles. The van der Waals surface area contributed by atoms with E-state index in [9.17, 15) is 9.90 Å². The lowest BCUT2D eigenvalue weighted by molar-refractivity contribution is -0.136. The molecule has 0 saturated carbocycles. The van der Waals surface area contributed by atoms with E-state index in [1.165, 1.54) is 11.8 Å². The Labute approximate surface area is 159 Å². The molecular formula is C17H19N5O4S. The predicted octanol–water partition coefficient (Wildman–Crippen LogP) is 1.33. The molecule has 3 aromatic rings. The molecule has 0 saturated heterocycles. The summed E-state index contributed by atoms with van der Waals surface area (Å²) in [5, 5.41) is 31.7. The Morgan fingerprint density at radius 1 is 1.26 bits per heavy atom. The number of hydrogen-bond donors (Lipinski definition) is 4. The van der Waals surface area contributed by atoms with E-state index in [0.29, 0.717) is 33.5 Å². The zero-order valence-electron chi connectivity index (χ0n) is 14.6. The van der Waals surface area contributed by atoms with Crippen LogP contribution in [0.15, 0.2) is 29.4 Å². The average molecular weight is 389 g/mol. The summed E-state index contributed by atoms with van der Waals surface area (Å²) in [5.74, 6) is 0.0283. The van der Waals surface area contributed by atoms with Gasteiger partial charge in [0.15, 0.2) is 22.1 Å². The molecular weight excluding hydrogens is 370 g/mol. The maximum Gasteiger partial charge on any atom is 0.307 e. The summed E-state index contributed by atoms with van der Waals surface area (Å²) in [6.45, 7) is 0.280. The lowest BCUT2D eigenvalue weighted by Crippen LogP contribution is -2.05. The molecule has 9 nitrogen and oxygen atoms in total. The van der Waals surface area contributed by atoms with E-state index in [4.69, 9.17) is 10.2 Å². The Morgan fingerprint density at radius 3 is 2.74 bits per heavy atom. The monoisotopic (exact) mass is 389 g/mol. The maximum atomic E-state index is 10.9. The molecule has 2 heterocycles. The van der Waals surface area contributed by atoms with Gasteiger partial charge in [-0.15, -0.1) is 0 Å². The highest BCUT2D eigenvalue weighted by Gasteiger charge is 2.17. The average Bonchev–Trinajstić information content (AvgIpc) is 2.95. The van der Waals surface area contributed by atoms with Gasteiger partial charge in [0, 0.05) is 12.8 Å². The molecule has 0 radical (unpaired) electrons. The Bertz CT molecular complexity index is 975. The fourth-order valence-electron chi connectivity index (χ4n) is 2.69. The van der Waals surface area contributed by atoms with Crippen molar-refractivity contribution < 1.29 is 20.1 Å². The normalized spacial score (nSPS) is 11.0. The first-order valence-electron chi connectivity index (χ1n) is 8.20. The molecule has 0 spiro atoms. The maximum absolute atomic E-state index is 10.9. The van der Waals surface area contributed by atoms with E-state index in [1.807, 2.05) is 6.07 Å². The number of nitrogens with zero attached hydrogens (tertiary/aromatic N) is 4. The minimum absolute atomic E-state index is 0.00182. The number of carboxylic acids is 1. The molecule has 0 fully saturated rings. The van der Waals surface area contributed by atoms with Crippen LogP contribution in [0.1, 0.15) is 11.1 Å². The van der Waals surface area contributed by atoms with Crippen molar-refractivity contribution in [3.63, 3.8) is 0 Å². The van der Waals surface area contributed by atoms with Crippen LogP contribution in [0.4, 0.5) is 5.82 Å². The number of imidazole rings is 1. The molecule has 4 N–H and O–H groups in total. The number of aromatic hydroxyl groups is 1. The van der Waals surface area contributed by atoms with Gasteiger partial charge in [0.1, 0.15) is 0 Å². The number of carboxylic acid groups (broad SMARTS) is 1. The summed E-state index contributed by atoms with van der Waals surface area (Å²) in [5.41, 5.74) is 2.38. The fraction of sp³-hybridized carbons (Fsp3) is 0.294. The zero-order valence-corrected chi connectivity index (χ0v) is 15.4. The van der Waals surface area contributed by atoms with Crippen molar-refractivity contribution in [1.82, 2.24) is 19.5 Å². The van der Waals surface area contributed by atoms with Crippen LogP contribution in [0.3, 0.4) is 0 Å². The van der Waals surface area contributed by atoms with Gasteiger partial charge in [0.25, 0.3) is 6.01 Å². The number of benzene rings is 1. The molecule has 27 heavy (non-hydrogen) atoms. The molecule has 0 aliphatic heterocycles. The highest BCUT2D eigenvalue weighted by atomic mass is 32.2. The van der Waals surface area contributed by atoms with Gasteiger partial charge in [-0.1, -0.05) is 36.0 Å². The number of aliphatic carboxylic acids is 1. The van der Waals surface area contributed by atoms with E-state index in [0.717, 1.165) is 5.56 Å².